The van der Waals surface area contributed by atoms with E-state index in [0.29, 0.717) is 41.7 Å². The molecule has 4 rings (SSSR count). The first kappa shape index (κ1) is 18.6. The number of pyridine rings is 1. The summed E-state index contributed by atoms with van der Waals surface area (Å²) >= 11 is 0. The minimum Gasteiger partial charge on any atom is -0.339 e. The van der Waals surface area contributed by atoms with E-state index in [1.165, 1.54) is 16.6 Å². The van der Waals surface area contributed by atoms with E-state index in [1.54, 1.807) is 30.3 Å². The lowest BCUT2D eigenvalue weighted by molar-refractivity contribution is 0.265. The topological polar surface area (TPSA) is 109 Å². The van der Waals surface area contributed by atoms with E-state index in [1.807, 2.05) is 6.92 Å². The quantitative estimate of drug-likeness (QED) is 0.720. The maximum atomic E-state index is 13.0. The van der Waals surface area contributed by atoms with Crippen molar-refractivity contribution in [2.75, 3.05) is 13.1 Å². The maximum Gasteiger partial charge on any atom is 0.247 e. The van der Waals surface area contributed by atoms with Crippen LogP contribution in [0.15, 0.2) is 56.8 Å². The van der Waals surface area contributed by atoms with Gasteiger partial charge < -0.3 is 9.51 Å². The van der Waals surface area contributed by atoms with Crippen molar-refractivity contribution in [1.29, 1.82) is 0 Å². The van der Waals surface area contributed by atoms with Crippen LogP contribution in [0.25, 0.3) is 11.4 Å². The van der Waals surface area contributed by atoms with Crippen molar-refractivity contribution in [1.82, 2.24) is 19.4 Å². The highest BCUT2D eigenvalue weighted by molar-refractivity contribution is 7.89. The van der Waals surface area contributed by atoms with Gasteiger partial charge in [0.25, 0.3) is 0 Å². The molecule has 1 atom stereocenters. The average Bonchev–Trinajstić information content (AvgIpc) is 3.19. The Morgan fingerprint density at radius 3 is 2.68 bits per heavy atom. The van der Waals surface area contributed by atoms with Gasteiger partial charge in [-0.25, -0.2) is 8.42 Å². The first-order chi connectivity index (χ1) is 13.4. The molecule has 1 aliphatic heterocycles. The van der Waals surface area contributed by atoms with Gasteiger partial charge in [-0.05, 0) is 38.0 Å². The van der Waals surface area contributed by atoms with Crippen LogP contribution in [0.3, 0.4) is 0 Å². The Kier molecular flexibility index (Phi) is 4.86. The molecule has 146 valence electrons. The number of aromatic nitrogens is 3. The molecule has 0 aliphatic carbocycles. The third-order valence-electron chi connectivity index (χ3n) is 4.88. The molecule has 1 aromatic carbocycles. The van der Waals surface area contributed by atoms with Crippen molar-refractivity contribution in [2.45, 2.75) is 30.6 Å². The van der Waals surface area contributed by atoms with Gasteiger partial charge >= 0.3 is 0 Å². The molecule has 8 nitrogen and oxygen atoms in total. The Bertz CT molecular complexity index is 1110. The largest absolute Gasteiger partial charge is 0.339 e. The SMILES string of the molecule is Cc1ccc(S(=O)(=O)N2CCC[C@@H](c3nc(-c4ccc(=O)[nH]c4)no3)C2)cc1. The lowest BCUT2D eigenvalue weighted by atomic mass is 10.00. The first-order valence-corrected chi connectivity index (χ1v) is 10.5. The molecule has 0 radical (unpaired) electrons. The molecule has 0 bridgehead atoms. The summed E-state index contributed by atoms with van der Waals surface area (Å²) in [4.78, 5) is 18.5. The average molecular weight is 400 g/mol. The fraction of sp³-hybridized carbons (Fsp3) is 0.316. The Balaban J connectivity index is 1.55. The van der Waals surface area contributed by atoms with Crippen LogP contribution in [0.2, 0.25) is 0 Å². The summed E-state index contributed by atoms with van der Waals surface area (Å²) in [5, 5.41) is 3.97. The van der Waals surface area contributed by atoms with Gasteiger partial charge in [0, 0.05) is 30.9 Å². The molecular weight excluding hydrogens is 380 g/mol. The number of hydrogen-bond donors (Lipinski definition) is 1. The molecule has 1 aliphatic rings. The van der Waals surface area contributed by atoms with E-state index in [2.05, 4.69) is 15.1 Å². The van der Waals surface area contributed by atoms with Gasteiger partial charge in [0.2, 0.25) is 27.3 Å². The van der Waals surface area contributed by atoms with Crippen molar-refractivity contribution in [3.05, 3.63) is 64.4 Å². The van der Waals surface area contributed by atoms with Gasteiger partial charge in [-0.15, -0.1) is 0 Å². The standard InChI is InChI=1S/C19H20N4O4S/c1-13-4-7-16(8-5-13)28(25,26)23-10-2-3-15(12-23)19-21-18(22-27-19)14-6-9-17(24)20-11-14/h4-9,11,15H,2-3,10,12H2,1H3,(H,20,24)/t15-/m1/s1. The molecule has 1 saturated heterocycles. The van der Waals surface area contributed by atoms with E-state index in [4.69, 9.17) is 4.52 Å². The number of nitrogens with one attached hydrogen (secondary N) is 1. The van der Waals surface area contributed by atoms with Crippen LogP contribution in [0, 0.1) is 6.92 Å². The number of aromatic amines is 1. The third-order valence-corrected chi connectivity index (χ3v) is 6.76. The molecule has 0 saturated carbocycles. The van der Waals surface area contributed by atoms with Crippen molar-refractivity contribution in [3.63, 3.8) is 0 Å². The second-order valence-corrected chi connectivity index (χ2v) is 8.85. The summed E-state index contributed by atoms with van der Waals surface area (Å²) < 4.78 is 32.8. The van der Waals surface area contributed by atoms with Crippen LogP contribution in [-0.2, 0) is 10.0 Å². The molecule has 3 heterocycles. The highest BCUT2D eigenvalue weighted by Gasteiger charge is 2.33. The lowest BCUT2D eigenvalue weighted by Gasteiger charge is -2.30. The van der Waals surface area contributed by atoms with E-state index < -0.39 is 10.0 Å². The number of sulfonamides is 1. The van der Waals surface area contributed by atoms with Gasteiger partial charge in [0.05, 0.1) is 10.8 Å². The first-order valence-electron chi connectivity index (χ1n) is 9.03. The van der Waals surface area contributed by atoms with Gasteiger partial charge in [0.1, 0.15) is 0 Å². The number of nitrogens with zero attached hydrogens (tertiary/aromatic N) is 3. The molecule has 0 amide bonds. The lowest BCUT2D eigenvalue weighted by Crippen LogP contribution is -2.39. The second-order valence-electron chi connectivity index (χ2n) is 6.91. The monoisotopic (exact) mass is 400 g/mol. The van der Waals surface area contributed by atoms with Crippen LogP contribution >= 0.6 is 0 Å². The summed E-state index contributed by atoms with van der Waals surface area (Å²) in [5.41, 5.74) is 1.43. The Morgan fingerprint density at radius 1 is 1.18 bits per heavy atom. The van der Waals surface area contributed by atoms with Crippen LogP contribution in [0.1, 0.15) is 30.2 Å². The van der Waals surface area contributed by atoms with Crippen LogP contribution in [-0.4, -0.2) is 40.9 Å². The molecule has 2 aromatic heterocycles. The van der Waals surface area contributed by atoms with Crippen molar-refractivity contribution in [3.8, 4) is 11.4 Å². The molecule has 0 spiro atoms. The fourth-order valence-corrected chi connectivity index (χ4v) is 4.81. The molecular formula is C19H20N4O4S. The Hall–Kier alpha value is -2.78. The smallest absolute Gasteiger partial charge is 0.247 e. The van der Waals surface area contributed by atoms with E-state index in [-0.39, 0.29) is 11.5 Å². The molecule has 28 heavy (non-hydrogen) atoms. The maximum absolute atomic E-state index is 13.0. The summed E-state index contributed by atoms with van der Waals surface area (Å²) in [6.45, 7) is 2.68. The van der Waals surface area contributed by atoms with Crippen LogP contribution < -0.4 is 5.56 Å². The van der Waals surface area contributed by atoms with E-state index in [9.17, 15) is 13.2 Å². The normalized spacial score (nSPS) is 18.2. The second kappa shape index (κ2) is 7.33. The number of rotatable bonds is 4. The minimum atomic E-state index is -3.57. The van der Waals surface area contributed by atoms with Gasteiger partial charge in [-0.3, -0.25) is 4.79 Å². The number of benzene rings is 1. The number of aryl methyl sites for hydroxylation is 1. The zero-order chi connectivity index (χ0) is 19.7. The highest BCUT2D eigenvalue weighted by Crippen LogP contribution is 2.30. The summed E-state index contributed by atoms with van der Waals surface area (Å²) in [6, 6.07) is 9.86. The van der Waals surface area contributed by atoms with Crippen molar-refractivity contribution >= 4 is 10.0 Å². The van der Waals surface area contributed by atoms with E-state index >= 15 is 0 Å². The van der Waals surface area contributed by atoms with Crippen LogP contribution in [0.5, 0.6) is 0 Å². The van der Waals surface area contributed by atoms with E-state index in [0.717, 1.165) is 12.0 Å². The van der Waals surface area contributed by atoms with Gasteiger partial charge in [-0.2, -0.15) is 9.29 Å². The number of piperidine rings is 1. The van der Waals surface area contributed by atoms with Gasteiger partial charge in [-0.1, -0.05) is 22.9 Å². The van der Waals surface area contributed by atoms with Crippen molar-refractivity contribution < 1.29 is 12.9 Å². The number of hydrogen-bond acceptors (Lipinski definition) is 6. The molecule has 1 N–H and O–H groups in total. The summed E-state index contributed by atoms with van der Waals surface area (Å²) in [6.07, 6.45) is 3.01. The Morgan fingerprint density at radius 2 is 1.96 bits per heavy atom. The Labute approximate surface area is 162 Å². The predicted molar refractivity (Wildman–Crippen MR) is 102 cm³/mol. The number of H-pyrrole nitrogens is 1. The fourth-order valence-electron chi connectivity index (χ4n) is 3.29. The zero-order valence-electron chi connectivity index (χ0n) is 15.3. The van der Waals surface area contributed by atoms with Gasteiger partial charge in [0.15, 0.2) is 0 Å². The summed E-state index contributed by atoms with van der Waals surface area (Å²) in [7, 11) is -3.57. The molecule has 9 heteroatoms. The molecule has 1 fully saturated rings. The predicted octanol–water partition coefficient (Wildman–Crippen LogP) is 2.30. The minimum absolute atomic E-state index is 0.169. The third kappa shape index (κ3) is 3.63. The molecule has 3 aromatic rings. The molecule has 0 unspecified atom stereocenters. The van der Waals surface area contributed by atoms with Crippen LogP contribution in [0.4, 0.5) is 0 Å². The highest BCUT2D eigenvalue weighted by atomic mass is 32.2. The van der Waals surface area contributed by atoms with Crippen molar-refractivity contribution in [2.24, 2.45) is 0 Å². The summed E-state index contributed by atoms with van der Waals surface area (Å²) in [5.74, 6) is 0.604. The zero-order valence-corrected chi connectivity index (χ0v) is 16.1.